The van der Waals surface area contributed by atoms with Crippen LogP contribution in [0.5, 0.6) is 0 Å². The highest BCUT2D eigenvalue weighted by Gasteiger charge is 2.18. The van der Waals surface area contributed by atoms with Crippen molar-refractivity contribution < 1.29 is 0 Å². The van der Waals surface area contributed by atoms with E-state index in [-0.39, 0.29) is 5.41 Å². The maximum atomic E-state index is 5.62. The molecular formula is C15H28N2. The normalized spacial score (nSPS) is 13.4. The molecule has 0 aromatic rings. The van der Waals surface area contributed by atoms with E-state index in [1.807, 2.05) is 14.0 Å². The topological polar surface area (TPSA) is 29.3 Å². The number of nitrogens with zero attached hydrogens (tertiary/aromatic N) is 1. The van der Waals surface area contributed by atoms with Crippen LogP contribution in [0.2, 0.25) is 0 Å². The Morgan fingerprint density at radius 2 is 2.00 bits per heavy atom. The SMILES string of the molecule is C=CC(C)(CCN)CCCCCN(C)C#CC. The fourth-order valence-electron chi connectivity index (χ4n) is 1.96. The predicted molar refractivity (Wildman–Crippen MR) is 76.5 cm³/mol. The number of hydrogen-bond acceptors (Lipinski definition) is 2. The molecule has 0 radical (unpaired) electrons. The zero-order valence-electron chi connectivity index (χ0n) is 11.8. The fourth-order valence-corrected chi connectivity index (χ4v) is 1.96. The lowest BCUT2D eigenvalue weighted by Gasteiger charge is -2.25. The minimum Gasteiger partial charge on any atom is -0.336 e. The first kappa shape index (κ1) is 16.1. The van der Waals surface area contributed by atoms with Crippen molar-refractivity contribution in [2.24, 2.45) is 11.1 Å². The molecule has 17 heavy (non-hydrogen) atoms. The van der Waals surface area contributed by atoms with Crippen molar-refractivity contribution in [3.8, 4) is 12.0 Å². The molecule has 0 rings (SSSR count). The van der Waals surface area contributed by atoms with Crippen molar-refractivity contribution in [3.05, 3.63) is 12.7 Å². The van der Waals surface area contributed by atoms with Gasteiger partial charge in [-0.1, -0.05) is 31.8 Å². The highest BCUT2D eigenvalue weighted by atomic mass is 15.1. The molecule has 1 unspecified atom stereocenters. The van der Waals surface area contributed by atoms with E-state index in [0.29, 0.717) is 0 Å². The summed E-state index contributed by atoms with van der Waals surface area (Å²) in [7, 11) is 2.04. The molecule has 0 amide bonds. The van der Waals surface area contributed by atoms with Crippen molar-refractivity contribution in [1.29, 1.82) is 0 Å². The van der Waals surface area contributed by atoms with Crippen LogP contribution in [0.1, 0.15) is 46.0 Å². The predicted octanol–water partition coefficient (Wildman–Crippen LogP) is 3.00. The third-order valence-corrected chi connectivity index (χ3v) is 3.25. The van der Waals surface area contributed by atoms with Crippen LogP contribution in [-0.4, -0.2) is 25.0 Å². The first-order valence-electron chi connectivity index (χ1n) is 6.55. The summed E-state index contributed by atoms with van der Waals surface area (Å²) in [4.78, 5) is 2.06. The van der Waals surface area contributed by atoms with Gasteiger partial charge in [0.15, 0.2) is 0 Å². The van der Waals surface area contributed by atoms with Gasteiger partial charge in [0.1, 0.15) is 0 Å². The Balaban J connectivity index is 3.68. The van der Waals surface area contributed by atoms with Gasteiger partial charge in [0.05, 0.1) is 0 Å². The van der Waals surface area contributed by atoms with Gasteiger partial charge >= 0.3 is 0 Å². The van der Waals surface area contributed by atoms with Gasteiger partial charge in [-0.15, -0.1) is 6.58 Å². The molecule has 1 atom stereocenters. The molecule has 0 aliphatic heterocycles. The van der Waals surface area contributed by atoms with Gasteiger partial charge in [-0.2, -0.15) is 0 Å². The van der Waals surface area contributed by atoms with Crippen LogP contribution < -0.4 is 5.73 Å². The Morgan fingerprint density at radius 1 is 1.29 bits per heavy atom. The van der Waals surface area contributed by atoms with Crippen LogP contribution in [0, 0.1) is 17.4 Å². The Bertz CT molecular complexity index is 262. The van der Waals surface area contributed by atoms with Crippen molar-refractivity contribution in [2.75, 3.05) is 20.1 Å². The van der Waals surface area contributed by atoms with Crippen molar-refractivity contribution in [3.63, 3.8) is 0 Å². The second-order valence-electron chi connectivity index (χ2n) is 4.99. The molecule has 0 saturated carbocycles. The summed E-state index contributed by atoms with van der Waals surface area (Å²) in [5.74, 6) is 2.91. The smallest absolute Gasteiger partial charge is 0.0257 e. The van der Waals surface area contributed by atoms with E-state index in [9.17, 15) is 0 Å². The van der Waals surface area contributed by atoms with Gasteiger partial charge in [0.2, 0.25) is 0 Å². The van der Waals surface area contributed by atoms with E-state index in [4.69, 9.17) is 5.73 Å². The molecule has 0 heterocycles. The van der Waals surface area contributed by atoms with Gasteiger partial charge in [0, 0.05) is 19.6 Å². The van der Waals surface area contributed by atoms with E-state index in [0.717, 1.165) is 19.5 Å². The molecule has 0 spiro atoms. The molecule has 2 heteroatoms. The van der Waals surface area contributed by atoms with Crippen LogP contribution in [-0.2, 0) is 0 Å². The molecule has 0 aromatic heterocycles. The third-order valence-electron chi connectivity index (χ3n) is 3.25. The Morgan fingerprint density at radius 3 is 2.53 bits per heavy atom. The van der Waals surface area contributed by atoms with Crippen LogP contribution in [0.4, 0.5) is 0 Å². The standard InChI is InChI=1S/C15H28N2/c1-5-13-17(4)14-9-7-8-10-15(3,6-2)11-12-16/h6H,2,7-12,14,16H2,1,3-4H3. The van der Waals surface area contributed by atoms with Crippen LogP contribution >= 0.6 is 0 Å². The molecule has 2 N–H and O–H groups in total. The van der Waals surface area contributed by atoms with E-state index < -0.39 is 0 Å². The quantitative estimate of drug-likeness (QED) is 0.289. The van der Waals surface area contributed by atoms with Crippen molar-refractivity contribution in [2.45, 2.75) is 46.0 Å². The molecule has 0 bridgehead atoms. The molecule has 0 saturated heterocycles. The lowest BCUT2D eigenvalue weighted by atomic mass is 9.82. The largest absolute Gasteiger partial charge is 0.336 e. The van der Waals surface area contributed by atoms with Crippen LogP contribution in [0.25, 0.3) is 0 Å². The Labute approximate surface area is 107 Å². The van der Waals surface area contributed by atoms with Crippen LogP contribution in [0.15, 0.2) is 12.7 Å². The zero-order valence-corrected chi connectivity index (χ0v) is 11.8. The van der Waals surface area contributed by atoms with E-state index in [2.05, 4.69) is 36.4 Å². The maximum absolute atomic E-state index is 5.62. The summed E-state index contributed by atoms with van der Waals surface area (Å²) in [6.07, 6.45) is 8.00. The summed E-state index contributed by atoms with van der Waals surface area (Å²) < 4.78 is 0. The summed E-state index contributed by atoms with van der Waals surface area (Å²) in [5.41, 5.74) is 5.85. The minimum atomic E-state index is 0.226. The molecule has 0 aromatic carbocycles. The lowest BCUT2D eigenvalue weighted by molar-refractivity contribution is 0.344. The number of allylic oxidation sites excluding steroid dienone is 1. The number of hydrogen-bond donors (Lipinski definition) is 1. The first-order chi connectivity index (χ1) is 8.08. The number of nitrogens with two attached hydrogens (primary N) is 1. The van der Waals surface area contributed by atoms with Gasteiger partial charge in [0.25, 0.3) is 0 Å². The molecule has 98 valence electrons. The second-order valence-corrected chi connectivity index (χ2v) is 4.99. The summed E-state index contributed by atoms with van der Waals surface area (Å²) >= 11 is 0. The Kier molecular flexibility index (Phi) is 8.62. The van der Waals surface area contributed by atoms with Gasteiger partial charge < -0.3 is 10.6 Å². The fraction of sp³-hybridized carbons (Fsp3) is 0.733. The minimum absolute atomic E-state index is 0.226. The highest BCUT2D eigenvalue weighted by molar-refractivity contribution is 4.93. The molecule has 0 aliphatic rings. The highest BCUT2D eigenvalue weighted by Crippen LogP contribution is 2.29. The molecule has 0 fully saturated rings. The van der Waals surface area contributed by atoms with Crippen LogP contribution in [0.3, 0.4) is 0 Å². The molecular weight excluding hydrogens is 208 g/mol. The maximum Gasteiger partial charge on any atom is 0.0257 e. The second kappa shape index (κ2) is 9.13. The summed E-state index contributed by atoms with van der Waals surface area (Å²) in [6.45, 7) is 9.85. The summed E-state index contributed by atoms with van der Waals surface area (Å²) in [6, 6.07) is 3.03. The summed E-state index contributed by atoms with van der Waals surface area (Å²) in [5, 5.41) is 0. The average molecular weight is 236 g/mol. The lowest BCUT2D eigenvalue weighted by Crippen LogP contribution is -2.18. The van der Waals surface area contributed by atoms with Gasteiger partial charge in [-0.3, -0.25) is 0 Å². The molecule has 2 nitrogen and oxygen atoms in total. The number of rotatable bonds is 9. The first-order valence-corrected chi connectivity index (χ1v) is 6.55. The van der Waals surface area contributed by atoms with E-state index >= 15 is 0 Å². The zero-order chi connectivity index (χ0) is 13.1. The van der Waals surface area contributed by atoms with Gasteiger partial charge in [-0.05, 0) is 38.1 Å². The third kappa shape index (κ3) is 7.88. The van der Waals surface area contributed by atoms with E-state index in [1.165, 1.54) is 25.7 Å². The average Bonchev–Trinajstić information content (AvgIpc) is 2.29. The monoisotopic (exact) mass is 236 g/mol. The van der Waals surface area contributed by atoms with Gasteiger partial charge in [-0.25, -0.2) is 0 Å². The van der Waals surface area contributed by atoms with Crippen molar-refractivity contribution in [1.82, 2.24) is 4.90 Å². The number of unbranched alkanes of at least 4 members (excludes halogenated alkanes) is 2. The Hall–Kier alpha value is -0.940. The molecule has 0 aliphatic carbocycles. The van der Waals surface area contributed by atoms with Crippen molar-refractivity contribution >= 4 is 0 Å². The van der Waals surface area contributed by atoms with E-state index in [1.54, 1.807) is 0 Å².